The molecule has 3 heterocycles. The molecule has 1 amide bonds. The largest absolute Gasteiger partial charge is 0.419 e. The first-order valence-electron chi connectivity index (χ1n) is 9.29. The SMILES string of the molecule is Cc1sc2[nH]c(=O)n(C)c(=O)c2c1CC(=O)Nc1nc(-c2ccc(F)c(C(F)(F)F)c2)cs1. The number of aryl methyl sites for hydroxylation is 1. The molecule has 7 nitrogen and oxygen atoms in total. The van der Waals surface area contributed by atoms with Gasteiger partial charge in [0.2, 0.25) is 5.91 Å². The van der Waals surface area contributed by atoms with Gasteiger partial charge in [-0.1, -0.05) is 0 Å². The van der Waals surface area contributed by atoms with Gasteiger partial charge in [-0.3, -0.25) is 19.1 Å². The number of aromatic amines is 1. The zero-order chi connectivity index (χ0) is 24.1. The van der Waals surface area contributed by atoms with Crippen molar-refractivity contribution >= 4 is 43.9 Å². The van der Waals surface area contributed by atoms with Gasteiger partial charge < -0.3 is 5.32 Å². The van der Waals surface area contributed by atoms with E-state index in [1.807, 2.05) is 0 Å². The van der Waals surface area contributed by atoms with Gasteiger partial charge in [0.15, 0.2) is 5.13 Å². The Morgan fingerprint density at radius 2 is 2.00 bits per heavy atom. The second-order valence-electron chi connectivity index (χ2n) is 7.09. The van der Waals surface area contributed by atoms with Crippen molar-refractivity contribution < 1.29 is 22.4 Å². The standard InChI is InChI=1S/C20H14F4N4O3S2/c1-8-10(15-16(33-8)27-19(31)28(2)17(15)30)6-14(29)26-18-25-13(7-32-18)9-3-4-12(21)11(5-9)20(22,23)24/h3-5,7H,6H2,1-2H3,(H,27,31)(H,25,26,29). The number of alkyl halides is 3. The van der Waals surface area contributed by atoms with E-state index >= 15 is 0 Å². The molecule has 0 aliphatic heterocycles. The molecule has 2 N–H and O–H groups in total. The highest BCUT2D eigenvalue weighted by Crippen LogP contribution is 2.35. The third kappa shape index (κ3) is 4.33. The molecule has 0 bridgehead atoms. The highest BCUT2D eigenvalue weighted by atomic mass is 32.1. The van der Waals surface area contributed by atoms with E-state index in [9.17, 15) is 31.9 Å². The summed E-state index contributed by atoms with van der Waals surface area (Å²) in [7, 11) is 1.33. The number of aromatic nitrogens is 3. The molecule has 0 aliphatic rings. The lowest BCUT2D eigenvalue weighted by Gasteiger charge is -2.09. The van der Waals surface area contributed by atoms with Gasteiger partial charge in [-0.05, 0) is 30.7 Å². The number of hydrogen-bond donors (Lipinski definition) is 2. The van der Waals surface area contributed by atoms with Crippen molar-refractivity contribution in [1.82, 2.24) is 14.5 Å². The lowest BCUT2D eigenvalue weighted by Crippen LogP contribution is -2.32. The van der Waals surface area contributed by atoms with E-state index < -0.39 is 34.7 Å². The minimum atomic E-state index is -4.85. The van der Waals surface area contributed by atoms with Gasteiger partial charge in [0, 0.05) is 22.9 Å². The van der Waals surface area contributed by atoms with Crippen LogP contribution in [0.25, 0.3) is 21.5 Å². The molecule has 4 aromatic rings. The number of rotatable bonds is 4. The fraction of sp³-hybridized carbons (Fsp3) is 0.200. The minimum Gasteiger partial charge on any atom is -0.302 e. The molecule has 1 aromatic carbocycles. The summed E-state index contributed by atoms with van der Waals surface area (Å²) in [5, 5.41) is 4.38. The van der Waals surface area contributed by atoms with Crippen molar-refractivity contribution in [3.8, 4) is 11.3 Å². The predicted molar refractivity (Wildman–Crippen MR) is 117 cm³/mol. The number of fused-ring (bicyclic) bond motifs is 1. The number of H-pyrrole nitrogens is 1. The highest BCUT2D eigenvalue weighted by Gasteiger charge is 2.34. The molecular formula is C20H14F4N4O3S2. The van der Waals surface area contributed by atoms with Crippen molar-refractivity contribution in [1.29, 1.82) is 0 Å². The van der Waals surface area contributed by atoms with E-state index in [0.717, 1.165) is 15.9 Å². The molecule has 0 atom stereocenters. The summed E-state index contributed by atoms with van der Waals surface area (Å²) >= 11 is 2.17. The van der Waals surface area contributed by atoms with Crippen LogP contribution < -0.4 is 16.6 Å². The normalized spacial score (nSPS) is 11.8. The van der Waals surface area contributed by atoms with Crippen LogP contribution in [0.15, 0.2) is 33.2 Å². The van der Waals surface area contributed by atoms with Crippen LogP contribution in [0.3, 0.4) is 0 Å². The number of halogens is 4. The summed E-state index contributed by atoms with van der Waals surface area (Å²) in [5.74, 6) is -1.89. The smallest absolute Gasteiger partial charge is 0.302 e. The van der Waals surface area contributed by atoms with Crippen molar-refractivity contribution in [2.45, 2.75) is 19.5 Å². The first-order chi connectivity index (χ1) is 15.5. The lowest BCUT2D eigenvalue weighted by atomic mass is 10.1. The van der Waals surface area contributed by atoms with Crippen molar-refractivity contribution in [3.63, 3.8) is 0 Å². The Bertz CT molecular complexity index is 1510. The number of nitrogens with zero attached hydrogens (tertiary/aromatic N) is 2. The zero-order valence-electron chi connectivity index (χ0n) is 17.0. The monoisotopic (exact) mass is 498 g/mol. The molecule has 13 heteroatoms. The summed E-state index contributed by atoms with van der Waals surface area (Å²) in [6.45, 7) is 1.72. The Kier molecular flexibility index (Phi) is 5.70. The maximum absolute atomic E-state index is 13.5. The second-order valence-corrected chi connectivity index (χ2v) is 9.17. The second kappa shape index (κ2) is 8.23. The van der Waals surface area contributed by atoms with Gasteiger partial charge in [-0.25, -0.2) is 14.2 Å². The van der Waals surface area contributed by atoms with Gasteiger partial charge >= 0.3 is 11.9 Å². The van der Waals surface area contributed by atoms with Crippen LogP contribution in [0, 0.1) is 12.7 Å². The van der Waals surface area contributed by atoms with Crippen molar-refractivity contribution in [3.05, 3.63) is 66.2 Å². The van der Waals surface area contributed by atoms with Crippen molar-refractivity contribution in [2.75, 3.05) is 5.32 Å². The third-order valence-electron chi connectivity index (χ3n) is 4.91. The maximum Gasteiger partial charge on any atom is 0.419 e. The molecule has 0 saturated heterocycles. The summed E-state index contributed by atoms with van der Waals surface area (Å²) in [6.07, 6.45) is -5.02. The first kappa shape index (κ1) is 22.9. The van der Waals surface area contributed by atoms with Crippen molar-refractivity contribution in [2.24, 2.45) is 7.05 Å². The number of amides is 1. The minimum absolute atomic E-state index is 0.0487. The quantitative estimate of drug-likeness (QED) is 0.415. The molecular weight excluding hydrogens is 484 g/mol. The third-order valence-corrected chi connectivity index (χ3v) is 6.73. The maximum atomic E-state index is 13.5. The van der Waals surface area contributed by atoms with Crippen LogP contribution in [0.5, 0.6) is 0 Å². The molecule has 0 unspecified atom stereocenters. The average Bonchev–Trinajstić information content (AvgIpc) is 3.30. The average molecular weight is 498 g/mol. The molecule has 3 aromatic heterocycles. The van der Waals surface area contributed by atoms with Crippen LogP contribution in [0.4, 0.5) is 22.7 Å². The number of carbonyl (C=O) groups excluding carboxylic acids is 1. The Balaban J connectivity index is 1.58. The van der Waals surface area contributed by atoms with Crippen LogP contribution in [0.1, 0.15) is 16.0 Å². The molecule has 0 saturated carbocycles. The van der Waals surface area contributed by atoms with Gasteiger partial charge in [0.25, 0.3) is 5.56 Å². The van der Waals surface area contributed by atoms with Gasteiger partial charge in [0.1, 0.15) is 10.6 Å². The summed E-state index contributed by atoms with van der Waals surface area (Å²) in [5.41, 5.74) is -1.83. The van der Waals surface area contributed by atoms with Crippen LogP contribution in [0.2, 0.25) is 0 Å². The van der Waals surface area contributed by atoms with E-state index in [2.05, 4.69) is 15.3 Å². The molecule has 4 rings (SSSR count). The summed E-state index contributed by atoms with van der Waals surface area (Å²) in [4.78, 5) is 44.7. The Morgan fingerprint density at radius 1 is 1.27 bits per heavy atom. The van der Waals surface area contributed by atoms with E-state index in [0.29, 0.717) is 27.4 Å². The fourth-order valence-corrected chi connectivity index (χ4v) is 5.03. The van der Waals surface area contributed by atoms with Gasteiger partial charge in [0.05, 0.1) is 23.1 Å². The van der Waals surface area contributed by atoms with E-state index in [-0.39, 0.29) is 28.2 Å². The lowest BCUT2D eigenvalue weighted by molar-refractivity contribution is -0.140. The highest BCUT2D eigenvalue weighted by molar-refractivity contribution is 7.18. The summed E-state index contributed by atoms with van der Waals surface area (Å²) in [6, 6.07) is 2.54. The van der Waals surface area contributed by atoms with E-state index in [1.165, 1.54) is 29.8 Å². The Labute approximate surface area is 190 Å². The molecule has 0 spiro atoms. The van der Waals surface area contributed by atoms with Crippen LogP contribution >= 0.6 is 22.7 Å². The van der Waals surface area contributed by atoms with Crippen LogP contribution in [-0.2, 0) is 24.4 Å². The predicted octanol–water partition coefficient (Wildman–Crippen LogP) is 4.06. The topological polar surface area (TPSA) is 96.9 Å². The number of thiazole rings is 1. The van der Waals surface area contributed by atoms with E-state index in [4.69, 9.17) is 0 Å². The van der Waals surface area contributed by atoms with E-state index in [1.54, 1.807) is 6.92 Å². The number of benzene rings is 1. The number of carbonyl (C=O) groups is 1. The van der Waals surface area contributed by atoms with Gasteiger partial charge in [-0.15, -0.1) is 22.7 Å². The first-order valence-corrected chi connectivity index (χ1v) is 11.0. The molecule has 0 fully saturated rings. The van der Waals surface area contributed by atoms with Gasteiger partial charge in [-0.2, -0.15) is 13.2 Å². The molecule has 33 heavy (non-hydrogen) atoms. The number of hydrogen-bond acceptors (Lipinski definition) is 6. The molecule has 0 radical (unpaired) electrons. The Hall–Kier alpha value is -3.32. The molecule has 172 valence electrons. The Morgan fingerprint density at radius 3 is 2.70 bits per heavy atom. The zero-order valence-corrected chi connectivity index (χ0v) is 18.6. The number of anilines is 1. The van der Waals surface area contributed by atoms with Crippen LogP contribution in [-0.4, -0.2) is 20.4 Å². The summed E-state index contributed by atoms with van der Waals surface area (Å²) < 4.78 is 53.3. The number of thiophene rings is 1. The molecule has 0 aliphatic carbocycles. The fourth-order valence-electron chi connectivity index (χ4n) is 3.24. The number of nitrogens with one attached hydrogen (secondary N) is 2.